The van der Waals surface area contributed by atoms with E-state index >= 15 is 0 Å². The minimum Gasteiger partial charge on any atom is -0.496 e. The molecule has 0 aliphatic rings. The van der Waals surface area contributed by atoms with E-state index in [4.69, 9.17) is 16.3 Å². The Balaban J connectivity index is 2.18. The molecule has 3 heteroatoms. The number of alkyl halides is 1. The molecule has 0 bridgehead atoms. The van der Waals surface area contributed by atoms with Crippen LogP contribution in [-0.2, 0) is 6.42 Å². The highest BCUT2D eigenvalue weighted by Crippen LogP contribution is 2.31. The summed E-state index contributed by atoms with van der Waals surface area (Å²) in [7, 11) is 1.70. The Morgan fingerprint density at radius 1 is 1.17 bits per heavy atom. The van der Waals surface area contributed by atoms with Crippen molar-refractivity contribution in [3.8, 4) is 5.75 Å². The van der Waals surface area contributed by atoms with Gasteiger partial charge in [-0.25, -0.2) is 0 Å². The Morgan fingerprint density at radius 2 is 1.94 bits per heavy atom. The van der Waals surface area contributed by atoms with Crippen LogP contribution in [0.15, 0.2) is 48.5 Å². The van der Waals surface area contributed by atoms with Gasteiger partial charge >= 0.3 is 0 Å². The van der Waals surface area contributed by atoms with Gasteiger partial charge in [-0.2, -0.15) is 0 Å². The molecule has 1 atom stereocenters. The molecule has 0 aromatic heterocycles. The summed E-state index contributed by atoms with van der Waals surface area (Å²) in [5.41, 5.74) is 2.36. The molecule has 0 saturated carbocycles. The van der Waals surface area contributed by atoms with Crippen LogP contribution in [0.3, 0.4) is 0 Å². The molecule has 18 heavy (non-hydrogen) atoms. The van der Waals surface area contributed by atoms with Gasteiger partial charge in [0.25, 0.3) is 0 Å². The molecule has 2 aromatic rings. The van der Waals surface area contributed by atoms with Gasteiger partial charge in [0.2, 0.25) is 0 Å². The quantitative estimate of drug-likeness (QED) is 0.717. The topological polar surface area (TPSA) is 9.23 Å². The highest BCUT2D eigenvalue weighted by molar-refractivity contribution is 9.09. The maximum Gasteiger partial charge on any atom is 0.122 e. The molecule has 94 valence electrons. The number of methoxy groups -OCH3 is 1. The van der Waals surface area contributed by atoms with Gasteiger partial charge in [-0.1, -0.05) is 57.9 Å². The van der Waals surface area contributed by atoms with Gasteiger partial charge in [-0.15, -0.1) is 0 Å². The van der Waals surface area contributed by atoms with Crippen molar-refractivity contribution in [2.75, 3.05) is 7.11 Å². The summed E-state index contributed by atoms with van der Waals surface area (Å²) in [5, 5.41) is 0.761. The summed E-state index contributed by atoms with van der Waals surface area (Å²) in [6, 6.07) is 16.0. The lowest BCUT2D eigenvalue weighted by molar-refractivity contribution is 0.409. The Bertz CT molecular complexity index is 527. The summed E-state index contributed by atoms with van der Waals surface area (Å²) >= 11 is 9.71. The van der Waals surface area contributed by atoms with E-state index in [2.05, 4.69) is 28.1 Å². The van der Waals surface area contributed by atoms with E-state index in [9.17, 15) is 0 Å². The monoisotopic (exact) mass is 324 g/mol. The van der Waals surface area contributed by atoms with Crippen molar-refractivity contribution in [3.63, 3.8) is 0 Å². The molecule has 2 rings (SSSR count). The molecule has 0 aliphatic carbocycles. The highest BCUT2D eigenvalue weighted by atomic mass is 79.9. The molecule has 1 nitrogen and oxygen atoms in total. The molecule has 0 aliphatic heterocycles. The minimum absolute atomic E-state index is 0.229. The van der Waals surface area contributed by atoms with E-state index < -0.39 is 0 Å². The lowest BCUT2D eigenvalue weighted by Crippen LogP contribution is -1.98. The van der Waals surface area contributed by atoms with Crippen LogP contribution >= 0.6 is 27.5 Å². The first-order valence-electron chi connectivity index (χ1n) is 5.72. The molecule has 0 spiro atoms. The van der Waals surface area contributed by atoms with Gasteiger partial charge in [-0.05, 0) is 35.7 Å². The van der Waals surface area contributed by atoms with Crippen LogP contribution in [0.2, 0.25) is 5.02 Å². The predicted molar refractivity (Wildman–Crippen MR) is 79.8 cm³/mol. The fraction of sp³-hybridized carbons (Fsp3) is 0.200. The number of benzene rings is 2. The van der Waals surface area contributed by atoms with E-state index in [1.54, 1.807) is 7.11 Å². The summed E-state index contributed by atoms with van der Waals surface area (Å²) in [4.78, 5) is 0.229. The minimum atomic E-state index is 0.229. The fourth-order valence-corrected chi connectivity index (χ4v) is 2.72. The van der Waals surface area contributed by atoms with Gasteiger partial charge in [0.1, 0.15) is 5.75 Å². The molecule has 1 unspecified atom stereocenters. The number of para-hydroxylation sites is 1. The summed E-state index contributed by atoms with van der Waals surface area (Å²) in [5.74, 6) is 0.920. The standard InChI is InChI=1S/C15H14BrClO/c1-18-15-8-3-2-5-12(15)10-14(16)11-6-4-7-13(17)9-11/h2-9,14H,10H2,1H3. The third kappa shape index (κ3) is 3.27. The van der Waals surface area contributed by atoms with Gasteiger partial charge < -0.3 is 4.74 Å². The summed E-state index contributed by atoms with van der Waals surface area (Å²) in [6.07, 6.45) is 0.865. The van der Waals surface area contributed by atoms with E-state index in [0.717, 1.165) is 17.2 Å². The Kier molecular flexibility index (Phi) is 4.67. The number of rotatable bonds is 4. The SMILES string of the molecule is COc1ccccc1CC(Br)c1cccc(Cl)c1. The molecule has 0 amide bonds. The van der Waals surface area contributed by atoms with E-state index in [-0.39, 0.29) is 4.83 Å². The van der Waals surface area contributed by atoms with Crippen LogP contribution in [0.1, 0.15) is 16.0 Å². The maximum atomic E-state index is 6.00. The third-order valence-electron chi connectivity index (χ3n) is 2.80. The fourth-order valence-electron chi connectivity index (χ4n) is 1.88. The van der Waals surface area contributed by atoms with Crippen LogP contribution in [0, 0.1) is 0 Å². The molecule has 0 heterocycles. The second-order valence-corrected chi connectivity index (χ2v) is 5.58. The van der Waals surface area contributed by atoms with Crippen molar-refractivity contribution in [2.24, 2.45) is 0 Å². The van der Waals surface area contributed by atoms with Gasteiger partial charge in [0.15, 0.2) is 0 Å². The molecular formula is C15H14BrClO. The molecule has 0 fully saturated rings. The number of halogens is 2. The van der Waals surface area contributed by atoms with Gasteiger partial charge in [0.05, 0.1) is 7.11 Å². The second-order valence-electron chi connectivity index (χ2n) is 4.04. The first kappa shape index (κ1) is 13.4. The average Bonchev–Trinajstić information content (AvgIpc) is 2.39. The van der Waals surface area contributed by atoms with Crippen LogP contribution in [0.5, 0.6) is 5.75 Å². The zero-order valence-corrected chi connectivity index (χ0v) is 12.4. The number of hydrogen-bond acceptors (Lipinski definition) is 1. The van der Waals surface area contributed by atoms with Gasteiger partial charge in [0, 0.05) is 9.85 Å². The molecule has 0 radical (unpaired) electrons. The zero-order chi connectivity index (χ0) is 13.0. The largest absolute Gasteiger partial charge is 0.496 e. The van der Waals surface area contributed by atoms with Crippen molar-refractivity contribution in [2.45, 2.75) is 11.2 Å². The smallest absolute Gasteiger partial charge is 0.122 e. The maximum absolute atomic E-state index is 6.00. The van der Waals surface area contributed by atoms with Crippen molar-refractivity contribution in [1.29, 1.82) is 0 Å². The number of ether oxygens (including phenoxy) is 1. The molecular weight excluding hydrogens is 312 g/mol. The molecule has 0 N–H and O–H groups in total. The normalized spacial score (nSPS) is 12.2. The Labute approximate surface area is 121 Å². The van der Waals surface area contributed by atoms with E-state index in [0.29, 0.717) is 0 Å². The van der Waals surface area contributed by atoms with Crippen LogP contribution in [-0.4, -0.2) is 7.11 Å². The highest BCUT2D eigenvalue weighted by Gasteiger charge is 2.11. The second kappa shape index (κ2) is 6.26. The van der Waals surface area contributed by atoms with Crippen molar-refractivity contribution < 1.29 is 4.74 Å². The van der Waals surface area contributed by atoms with Gasteiger partial charge in [-0.3, -0.25) is 0 Å². The zero-order valence-electron chi connectivity index (χ0n) is 10.1. The van der Waals surface area contributed by atoms with E-state index in [1.807, 2.05) is 36.4 Å². The summed E-state index contributed by atoms with van der Waals surface area (Å²) < 4.78 is 5.36. The predicted octanol–water partition coefficient (Wildman–Crippen LogP) is 5.03. The lowest BCUT2D eigenvalue weighted by atomic mass is 10.0. The first-order valence-corrected chi connectivity index (χ1v) is 7.01. The van der Waals surface area contributed by atoms with Crippen molar-refractivity contribution in [3.05, 3.63) is 64.7 Å². The van der Waals surface area contributed by atoms with Crippen LogP contribution < -0.4 is 4.74 Å². The van der Waals surface area contributed by atoms with Crippen molar-refractivity contribution in [1.82, 2.24) is 0 Å². The average molecular weight is 326 g/mol. The van der Waals surface area contributed by atoms with Crippen LogP contribution in [0.4, 0.5) is 0 Å². The van der Waals surface area contributed by atoms with Crippen molar-refractivity contribution >= 4 is 27.5 Å². The third-order valence-corrected chi connectivity index (χ3v) is 3.89. The first-order chi connectivity index (χ1) is 8.70. The Hall–Kier alpha value is -0.990. The Morgan fingerprint density at radius 3 is 2.67 bits per heavy atom. The molecule has 0 saturated heterocycles. The molecule has 2 aromatic carbocycles. The lowest BCUT2D eigenvalue weighted by Gasteiger charge is -2.13. The summed E-state index contributed by atoms with van der Waals surface area (Å²) in [6.45, 7) is 0. The van der Waals surface area contributed by atoms with E-state index in [1.165, 1.54) is 11.1 Å². The van der Waals surface area contributed by atoms with Crippen LogP contribution in [0.25, 0.3) is 0 Å². The number of hydrogen-bond donors (Lipinski definition) is 0.